The molecule has 0 saturated carbocycles. The topological polar surface area (TPSA) is 31.2 Å². The molecule has 0 atom stereocenters. The summed E-state index contributed by atoms with van der Waals surface area (Å²) in [5.41, 5.74) is 1.99. The molecule has 3 rings (SSSR count). The molecule has 0 radical (unpaired) electrons. The molecule has 23 heavy (non-hydrogen) atoms. The largest absolute Gasteiger partial charge is 0.497 e. The summed E-state index contributed by atoms with van der Waals surface area (Å²) in [6.45, 7) is 2.75. The fourth-order valence-corrected chi connectivity index (χ4v) is 3.04. The summed E-state index contributed by atoms with van der Waals surface area (Å²) in [7, 11) is 1.64. The van der Waals surface area contributed by atoms with Crippen molar-refractivity contribution >= 4 is 22.4 Å². The van der Waals surface area contributed by atoms with E-state index in [9.17, 15) is 4.79 Å². The van der Waals surface area contributed by atoms with E-state index in [2.05, 4.69) is 0 Å². The molecule has 0 fully saturated rings. The van der Waals surface area contributed by atoms with Crippen LogP contribution in [0.3, 0.4) is 0 Å². The van der Waals surface area contributed by atoms with Gasteiger partial charge in [-0.15, -0.1) is 0 Å². The number of methoxy groups -OCH3 is 1. The number of pyridine rings is 1. The highest BCUT2D eigenvalue weighted by atomic mass is 35.5. The van der Waals surface area contributed by atoms with Gasteiger partial charge in [-0.25, -0.2) is 0 Å². The molecule has 2 aromatic carbocycles. The first kappa shape index (κ1) is 15.6. The molecule has 3 nitrogen and oxygen atoms in total. The van der Waals surface area contributed by atoms with Gasteiger partial charge in [0.2, 0.25) is 0 Å². The van der Waals surface area contributed by atoms with Gasteiger partial charge in [-0.2, -0.15) is 0 Å². The Morgan fingerprint density at radius 2 is 1.83 bits per heavy atom. The summed E-state index contributed by atoms with van der Waals surface area (Å²) in [4.78, 5) is 12.5. The van der Waals surface area contributed by atoms with Crippen LogP contribution in [0.4, 0.5) is 0 Å². The minimum atomic E-state index is -0.0318. The van der Waals surface area contributed by atoms with Crippen molar-refractivity contribution in [2.24, 2.45) is 0 Å². The summed E-state index contributed by atoms with van der Waals surface area (Å²) in [5.74, 6) is 0.808. The molecule has 0 bridgehead atoms. The van der Waals surface area contributed by atoms with E-state index in [4.69, 9.17) is 16.3 Å². The number of ether oxygens (including phenoxy) is 1. The van der Waals surface area contributed by atoms with Crippen molar-refractivity contribution in [3.8, 4) is 16.9 Å². The molecule has 4 heteroatoms. The third-order valence-electron chi connectivity index (χ3n) is 3.92. The van der Waals surface area contributed by atoms with Gasteiger partial charge in [-0.05, 0) is 53.3 Å². The van der Waals surface area contributed by atoms with Gasteiger partial charge >= 0.3 is 0 Å². The number of fused-ring (bicyclic) bond motifs is 1. The lowest BCUT2D eigenvalue weighted by atomic mass is 10.0. The Labute approximate surface area is 140 Å². The molecule has 0 aliphatic carbocycles. The summed E-state index contributed by atoms with van der Waals surface area (Å²) < 4.78 is 6.89. The van der Waals surface area contributed by atoms with Crippen molar-refractivity contribution in [1.82, 2.24) is 4.57 Å². The van der Waals surface area contributed by atoms with Gasteiger partial charge in [0.15, 0.2) is 0 Å². The predicted molar refractivity (Wildman–Crippen MR) is 95.5 cm³/mol. The highest BCUT2D eigenvalue weighted by Crippen LogP contribution is 2.30. The maximum Gasteiger partial charge on any atom is 0.259 e. The molecule has 0 unspecified atom stereocenters. The number of nitrogens with zero attached hydrogens (tertiary/aromatic N) is 1. The molecule has 0 saturated heterocycles. The highest BCUT2D eigenvalue weighted by molar-refractivity contribution is 6.35. The third kappa shape index (κ3) is 2.97. The molecule has 1 aromatic heterocycles. The third-order valence-corrected chi connectivity index (χ3v) is 4.22. The molecule has 0 aliphatic heterocycles. The van der Waals surface area contributed by atoms with Crippen LogP contribution in [0.1, 0.15) is 13.3 Å². The summed E-state index contributed by atoms with van der Waals surface area (Å²) >= 11 is 6.41. The molecular weight excluding hydrogens is 310 g/mol. The van der Waals surface area contributed by atoms with Crippen molar-refractivity contribution in [1.29, 1.82) is 0 Å². The Morgan fingerprint density at radius 1 is 1.09 bits per heavy atom. The number of aromatic nitrogens is 1. The number of benzene rings is 2. The molecule has 0 amide bonds. The van der Waals surface area contributed by atoms with E-state index in [-0.39, 0.29) is 5.56 Å². The zero-order valence-corrected chi connectivity index (χ0v) is 13.9. The zero-order chi connectivity index (χ0) is 16.4. The first-order valence-electron chi connectivity index (χ1n) is 7.61. The first-order valence-corrected chi connectivity index (χ1v) is 7.99. The lowest BCUT2D eigenvalue weighted by molar-refractivity contribution is 0.415. The van der Waals surface area contributed by atoms with E-state index in [0.29, 0.717) is 17.0 Å². The molecule has 0 spiro atoms. The standard InChI is InChI=1S/C19H18ClNO2/c1-3-9-21-10-8-14-11-15(12-17(20)18(14)19(21)22)13-4-6-16(23-2)7-5-13/h4-8,10-12H,3,9H2,1-2H3. The maximum atomic E-state index is 12.5. The molecule has 0 N–H and O–H groups in total. The van der Waals surface area contributed by atoms with E-state index in [1.807, 2.05) is 55.6 Å². The summed E-state index contributed by atoms with van der Waals surface area (Å²) in [6, 6.07) is 13.6. The molecule has 118 valence electrons. The Bertz CT molecular complexity index is 898. The maximum absolute atomic E-state index is 12.5. The van der Waals surface area contributed by atoms with E-state index >= 15 is 0 Å². The van der Waals surface area contributed by atoms with Crippen LogP contribution < -0.4 is 10.3 Å². The first-order chi connectivity index (χ1) is 11.1. The van der Waals surface area contributed by atoms with Gasteiger partial charge < -0.3 is 9.30 Å². The Hall–Kier alpha value is -2.26. The quantitative estimate of drug-likeness (QED) is 0.693. The van der Waals surface area contributed by atoms with Gasteiger partial charge in [0.05, 0.1) is 17.5 Å². The number of rotatable bonds is 4. The monoisotopic (exact) mass is 327 g/mol. The average Bonchev–Trinajstić information content (AvgIpc) is 2.57. The lowest BCUT2D eigenvalue weighted by Gasteiger charge is -2.10. The fourth-order valence-electron chi connectivity index (χ4n) is 2.73. The van der Waals surface area contributed by atoms with Gasteiger partial charge in [-0.3, -0.25) is 4.79 Å². The Morgan fingerprint density at radius 3 is 2.48 bits per heavy atom. The zero-order valence-electron chi connectivity index (χ0n) is 13.2. The normalized spacial score (nSPS) is 10.9. The van der Waals surface area contributed by atoms with Crippen molar-refractivity contribution in [2.45, 2.75) is 19.9 Å². The van der Waals surface area contributed by atoms with Crippen LogP contribution in [0, 0.1) is 0 Å². The lowest BCUT2D eigenvalue weighted by Crippen LogP contribution is -2.19. The Balaban J connectivity index is 2.14. The minimum absolute atomic E-state index is 0.0318. The van der Waals surface area contributed by atoms with Crippen LogP contribution in [0.15, 0.2) is 53.5 Å². The van der Waals surface area contributed by atoms with Crippen molar-refractivity contribution in [2.75, 3.05) is 7.11 Å². The van der Waals surface area contributed by atoms with Crippen LogP contribution in [0.2, 0.25) is 5.02 Å². The Kier molecular flexibility index (Phi) is 4.39. The number of halogens is 1. The summed E-state index contributed by atoms with van der Waals surface area (Å²) in [6.07, 6.45) is 2.75. The number of aryl methyl sites for hydroxylation is 1. The summed E-state index contributed by atoms with van der Waals surface area (Å²) in [5, 5.41) is 1.93. The molecule has 0 aliphatic rings. The van der Waals surface area contributed by atoms with Crippen LogP contribution >= 0.6 is 11.6 Å². The van der Waals surface area contributed by atoms with Gasteiger partial charge in [0, 0.05) is 12.7 Å². The van der Waals surface area contributed by atoms with E-state index in [1.165, 1.54) is 0 Å². The predicted octanol–water partition coefficient (Wildman–Crippen LogP) is 4.74. The second kappa shape index (κ2) is 6.47. The van der Waals surface area contributed by atoms with E-state index in [0.717, 1.165) is 28.7 Å². The molecule has 1 heterocycles. The fraction of sp³-hybridized carbons (Fsp3) is 0.211. The van der Waals surface area contributed by atoms with Crippen LogP contribution in [-0.2, 0) is 6.54 Å². The second-order valence-corrected chi connectivity index (χ2v) is 5.87. The second-order valence-electron chi connectivity index (χ2n) is 5.47. The van der Waals surface area contributed by atoms with Crippen molar-refractivity contribution < 1.29 is 4.74 Å². The van der Waals surface area contributed by atoms with Gasteiger partial charge in [0.1, 0.15) is 5.75 Å². The van der Waals surface area contributed by atoms with E-state index in [1.54, 1.807) is 11.7 Å². The number of hydrogen-bond acceptors (Lipinski definition) is 2. The van der Waals surface area contributed by atoms with E-state index < -0.39 is 0 Å². The minimum Gasteiger partial charge on any atom is -0.497 e. The van der Waals surface area contributed by atoms with Crippen LogP contribution in [-0.4, -0.2) is 11.7 Å². The van der Waals surface area contributed by atoms with Crippen LogP contribution in [0.5, 0.6) is 5.75 Å². The van der Waals surface area contributed by atoms with Gasteiger partial charge in [0.25, 0.3) is 5.56 Å². The van der Waals surface area contributed by atoms with Crippen molar-refractivity contribution in [3.05, 3.63) is 64.0 Å². The SMILES string of the molecule is CCCn1ccc2cc(-c3ccc(OC)cc3)cc(Cl)c2c1=O. The molecular formula is C19H18ClNO2. The molecule has 3 aromatic rings. The highest BCUT2D eigenvalue weighted by Gasteiger charge is 2.10. The number of hydrogen-bond donors (Lipinski definition) is 0. The van der Waals surface area contributed by atoms with Crippen molar-refractivity contribution in [3.63, 3.8) is 0 Å². The smallest absolute Gasteiger partial charge is 0.259 e. The van der Waals surface area contributed by atoms with Crippen LogP contribution in [0.25, 0.3) is 21.9 Å². The van der Waals surface area contributed by atoms with Gasteiger partial charge in [-0.1, -0.05) is 30.7 Å². The average molecular weight is 328 g/mol.